The Kier molecular flexibility index (Phi) is 7.28. The van der Waals surface area contributed by atoms with Gasteiger partial charge in [0.15, 0.2) is 4.80 Å². The van der Waals surface area contributed by atoms with Crippen LogP contribution in [0.15, 0.2) is 100 Å². The van der Waals surface area contributed by atoms with Crippen LogP contribution in [0.25, 0.3) is 11.8 Å². The summed E-state index contributed by atoms with van der Waals surface area (Å²) in [7, 11) is 0. The Balaban J connectivity index is 1.80. The molecule has 1 atom stereocenters. The fourth-order valence-corrected chi connectivity index (χ4v) is 5.33. The van der Waals surface area contributed by atoms with Crippen LogP contribution in [0.3, 0.4) is 0 Å². The number of thiazole rings is 1. The number of carbonyl (C=O) groups is 1. The molecule has 4 aromatic rings. The lowest BCUT2D eigenvalue weighted by atomic mass is 9.93. The molecular formula is C29H22F2N2O4S. The summed E-state index contributed by atoms with van der Waals surface area (Å²) in [5, 5.41) is 0. The average molecular weight is 533 g/mol. The standard InChI is InChI=1S/C29H22F2N2O4S/c1-2-36-27(35)23-24(18-11-5-3-6-12-18)32-29-33(25(23)19-13-7-4-8-14-19)26(34)22(38-29)17-20-15-9-10-16-21(20)37-28(30)31/h3-17,25,28H,2H2,1H3/b22-17+/t25-/m1/s1. The summed E-state index contributed by atoms with van der Waals surface area (Å²) in [4.78, 5) is 32.3. The third kappa shape index (κ3) is 4.92. The molecule has 1 aromatic heterocycles. The van der Waals surface area contributed by atoms with Gasteiger partial charge in [-0.05, 0) is 24.6 Å². The molecular weight excluding hydrogens is 510 g/mol. The number of alkyl halides is 2. The molecule has 0 N–H and O–H groups in total. The van der Waals surface area contributed by atoms with Gasteiger partial charge in [-0.2, -0.15) is 8.78 Å². The summed E-state index contributed by atoms with van der Waals surface area (Å²) in [5.41, 5.74) is 1.96. The maximum atomic E-state index is 13.8. The topological polar surface area (TPSA) is 69.9 Å². The molecule has 0 saturated carbocycles. The SMILES string of the molecule is CCOC(=O)C1=C(c2ccccc2)N=c2s/c(=C/c3ccccc3OC(F)F)c(=O)n2[C@@H]1c1ccccc1. The van der Waals surface area contributed by atoms with E-state index >= 15 is 0 Å². The number of carbonyl (C=O) groups excluding carboxylic acids is 1. The largest absolute Gasteiger partial charge is 0.463 e. The van der Waals surface area contributed by atoms with Gasteiger partial charge in [0.2, 0.25) is 0 Å². The molecule has 6 nitrogen and oxygen atoms in total. The summed E-state index contributed by atoms with van der Waals surface area (Å²) in [5.74, 6) is -0.626. The minimum atomic E-state index is -3.01. The van der Waals surface area contributed by atoms with E-state index in [-0.39, 0.29) is 22.5 Å². The van der Waals surface area contributed by atoms with Crippen LogP contribution in [-0.2, 0) is 9.53 Å². The average Bonchev–Trinajstić information content (AvgIpc) is 3.24. The zero-order valence-corrected chi connectivity index (χ0v) is 21.0. The first kappa shape index (κ1) is 25.3. The van der Waals surface area contributed by atoms with Gasteiger partial charge in [0.05, 0.1) is 28.5 Å². The number of aromatic nitrogens is 1. The third-order valence-electron chi connectivity index (χ3n) is 5.91. The summed E-state index contributed by atoms with van der Waals surface area (Å²) in [6.07, 6.45) is 1.50. The van der Waals surface area contributed by atoms with Crippen LogP contribution in [0.5, 0.6) is 5.75 Å². The first-order valence-electron chi connectivity index (χ1n) is 11.8. The van der Waals surface area contributed by atoms with Gasteiger partial charge in [-0.1, -0.05) is 90.2 Å². The van der Waals surface area contributed by atoms with E-state index < -0.39 is 24.2 Å². The molecule has 0 unspecified atom stereocenters. The molecule has 5 rings (SSSR count). The van der Waals surface area contributed by atoms with Gasteiger partial charge in [-0.15, -0.1) is 0 Å². The van der Waals surface area contributed by atoms with Gasteiger partial charge in [-0.25, -0.2) is 9.79 Å². The maximum Gasteiger partial charge on any atom is 0.387 e. The van der Waals surface area contributed by atoms with E-state index in [1.807, 2.05) is 60.7 Å². The molecule has 0 fully saturated rings. The number of fused-ring (bicyclic) bond motifs is 1. The van der Waals surface area contributed by atoms with Crippen molar-refractivity contribution < 1.29 is 23.0 Å². The van der Waals surface area contributed by atoms with Crippen LogP contribution in [0.1, 0.15) is 29.7 Å². The van der Waals surface area contributed by atoms with E-state index in [0.29, 0.717) is 27.2 Å². The molecule has 0 aliphatic carbocycles. The summed E-state index contributed by atoms with van der Waals surface area (Å²) < 4.78 is 37.7. The van der Waals surface area contributed by atoms with Gasteiger partial charge >= 0.3 is 12.6 Å². The van der Waals surface area contributed by atoms with Crippen molar-refractivity contribution in [2.75, 3.05) is 6.61 Å². The molecule has 0 spiro atoms. The van der Waals surface area contributed by atoms with Crippen molar-refractivity contribution in [1.29, 1.82) is 0 Å². The highest BCUT2D eigenvalue weighted by atomic mass is 32.1. The molecule has 0 saturated heterocycles. The van der Waals surface area contributed by atoms with Crippen LogP contribution in [0.2, 0.25) is 0 Å². The second kappa shape index (κ2) is 10.9. The zero-order valence-electron chi connectivity index (χ0n) is 20.2. The second-order valence-corrected chi connectivity index (χ2v) is 9.27. The Morgan fingerprint density at radius 1 is 1.03 bits per heavy atom. The molecule has 0 amide bonds. The Hall–Kier alpha value is -4.37. The first-order chi connectivity index (χ1) is 18.5. The minimum absolute atomic E-state index is 0.0508. The normalized spacial score (nSPS) is 15.3. The van der Waals surface area contributed by atoms with Crippen LogP contribution < -0.4 is 19.6 Å². The summed E-state index contributed by atoms with van der Waals surface area (Å²) in [6.45, 7) is -1.15. The highest BCUT2D eigenvalue weighted by Crippen LogP contribution is 2.35. The van der Waals surface area contributed by atoms with Crippen molar-refractivity contribution in [3.05, 3.63) is 127 Å². The number of hydrogen-bond donors (Lipinski definition) is 0. The number of para-hydroxylation sites is 1. The van der Waals surface area contributed by atoms with Crippen molar-refractivity contribution in [1.82, 2.24) is 4.57 Å². The van der Waals surface area contributed by atoms with E-state index in [0.717, 1.165) is 11.3 Å². The molecule has 1 aliphatic heterocycles. The van der Waals surface area contributed by atoms with Crippen molar-refractivity contribution >= 4 is 29.1 Å². The number of esters is 1. The number of benzene rings is 3. The van der Waals surface area contributed by atoms with Gasteiger partial charge in [0.25, 0.3) is 5.56 Å². The fourth-order valence-electron chi connectivity index (χ4n) is 4.34. The van der Waals surface area contributed by atoms with E-state index in [9.17, 15) is 18.4 Å². The molecule has 192 valence electrons. The summed E-state index contributed by atoms with van der Waals surface area (Å²) >= 11 is 1.11. The monoisotopic (exact) mass is 532 g/mol. The molecule has 1 aliphatic rings. The lowest BCUT2D eigenvalue weighted by molar-refractivity contribution is -0.138. The Bertz CT molecular complexity index is 1680. The van der Waals surface area contributed by atoms with Gasteiger partial charge in [0, 0.05) is 11.1 Å². The molecule has 3 aromatic carbocycles. The van der Waals surface area contributed by atoms with E-state index in [4.69, 9.17) is 9.73 Å². The number of nitrogens with zero attached hydrogens (tertiary/aromatic N) is 2. The van der Waals surface area contributed by atoms with Crippen LogP contribution in [0.4, 0.5) is 8.78 Å². The van der Waals surface area contributed by atoms with Gasteiger partial charge in [-0.3, -0.25) is 9.36 Å². The smallest absolute Gasteiger partial charge is 0.387 e. The maximum absolute atomic E-state index is 13.8. The third-order valence-corrected chi connectivity index (χ3v) is 6.89. The lowest BCUT2D eigenvalue weighted by Gasteiger charge is -2.25. The van der Waals surface area contributed by atoms with Gasteiger partial charge in [0.1, 0.15) is 5.75 Å². The van der Waals surface area contributed by atoms with Crippen LogP contribution in [-0.4, -0.2) is 23.8 Å². The predicted molar refractivity (Wildman–Crippen MR) is 141 cm³/mol. The van der Waals surface area contributed by atoms with Crippen molar-refractivity contribution in [2.45, 2.75) is 19.6 Å². The second-order valence-electron chi connectivity index (χ2n) is 8.26. The predicted octanol–water partition coefficient (Wildman–Crippen LogP) is 4.54. The van der Waals surface area contributed by atoms with E-state index in [1.165, 1.54) is 16.7 Å². The number of hydrogen-bond acceptors (Lipinski definition) is 6. The molecule has 38 heavy (non-hydrogen) atoms. The van der Waals surface area contributed by atoms with Crippen molar-refractivity contribution in [3.8, 4) is 5.75 Å². The van der Waals surface area contributed by atoms with E-state index in [1.54, 1.807) is 25.1 Å². The highest BCUT2D eigenvalue weighted by molar-refractivity contribution is 7.07. The van der Waals surface area contributed by atoms with Crippen LogP contribution in [0, 0.1) is 0 Å². The quantitative estimate of drug-likeness (QED) is 0.328. The van der Waals surface area contributed by atoms with Gasteiger partial charge < -0.3 is 9.47 Å². The molecule has 0 bridgehead atoms. The number of halogens is 2. The van der Waals surface area contributed by atoms with Crippen molar-refractivity contribution in [3.63, 3.8) is 0 Å². The Labute approximate surface area is 220 Å². The molecule has 2 heterocycles. The fraction of sp³-hybridized carbons (Fsp3) is 0.138. The summed E-state index contributed by atoms with van der Waals surface area (Å²) in [6, 6.07) is 23.8. The van der Waals surface area contributed by atoms with Crippen LogP contribution >= 0.6 is 11.3 Å². The lowest BCUT2D eigenvalue weighted by Crippen LogP contribution is -2.40. The minimum Gasteiger partial charge on any atom is -0.463 e. The van der Waals surface area contributed by atoms with E-state index in [2.05, 4.69) is 4.74 Å². The van der Waals surface area contributed by atoms with Crippen molar-refractivity contribution in [2.24, 2.45) is 4.99 Å². The molecule has 9 heteroatoms. The zero-order chi connectivity index (χ0) is 26.6. The number of rotatable bonds is 7. The number of ether oxygens (including phenoxy) is 2. The Morgan fingerprint density at radius 3 is 2.37 bits per heavy atom. The highest BCUT2D eigenvalue weighted by Gasteiger charge is 2.35. The molecule has 0 radical (unpaired) electrons. The Morgan fingerprint density at radius 2 is 1.68 bits per heavy atom. The first-order valence-corrected chi connectivity index (χ1v) is 12.7.